The predicted molar refractivity (Wildman–Crippen MR) is 83.5 cm³/mol. The lowest BCUT2D eigenvalue weighted by Crippen LogP contribution is -2.51. The van der Waals surface area contributed by atoms with Gasteiger partial charge in [-0.1, -0.05) is 6.07 Å². The van der Waals surface area contributed by atoms with E-state index in [-0.39, 0.29) is 11.5 Å². The molecule has 0 radical (unpaired) electrons. The Morgan fingerprint density at radius 1 is 1.25 bits per heavy atom. The van der Waals surface area contributed by atoms with Crippen molar-refractivity contribution in [2.45, 2.75) is 24.8 Å². The maximum atomic E-state index is 14.2. The lowest BCUT2D eigenvalue weighted by molar-refractivity contribution is 0.0813. The lowest BCUT2D eigenvalue weighted by Gasteiger charge is -2.43. The highest BCUT2D eigenvalue weighted by Crippen LogP contribution is 2.43. The number of carbonyl (C=O) groups is 1. The second kappa shape index (κ2) is 5.15. The van der Waals surface area contributed by atoms with E-state index in [9.17, 15) is 13.6 Å². The smallest absolute Gasteiger partial charge is 0.257 e. The standard InChI is InChI=1S/C17H16F2N4O/c1-22-8-9-23-16(22)11(10-20-23)15(24)21-17(6-3-7-17)14-12(18)4-2-5-13(14)19/h2,4-5,8-10H,3,6-7H2,1H3,(H,21,24). The van der Waals surface area contributed by atoms with Gasteiger partial charge in [0.15, 0.2) is 0 Å². The highest BCUT2D eigenvalue weighted by atomic mass is 19.1. The van der Waals surface area contributed by atoms with Crippen LogP contribution in [0.3, 0.4) is 0 Å². The van der Waals surface area contributed by atoms with Gasteiger partial charge in [0.25, 0.3) is 5.91 Å². The van der Waals surface area contributed by atoms with Gasteiger partial charge < -0.3 is 9.88 Å². The van der Waals surface area contributed by atoms with Gasteiger partial charge in [-0.25, -0.2) is 13.3 Å². The number of amides is 1. The topological polar surface area (TPSA) is 51.3 Å². The fourth-order valence-electron chi connectivity index (χ4n) is 3.42. The van der Waals surface area contributed by atoms with Crippen LogP contribution in [0.4, 0.5) is 8.78 Å². The molecule has 1 saturated carbocycles. The summed E-state index contributed by atoms with van der Waals surface area (Å²) in [6, 6.07) is 3.77. The molecule has 1 aliphatic rings. The number of benzene rings is 1. The molecule has 0 spiro atoms. The van der Waals surface area contributed by atoms with Crippen LogP contribution >= 0.6 is 0 Å². The number of carbonyl (C=O) groups excluding carboxylic acids is 1. The first kappa shape index (κ1) is 14.9. The van der Waals surface area contributed by atoms with E-state index in [4.69, 9.17) is 0 Å². The molecule has 1 N–H and O–H groups in total. The molecule has 1 aromatic carbocycles. The van der Waals surface area contributed by atoms with E-state index in [2.05, 4.69) is 10.4 Å². The Balaban J connectivity index is 1.73. The Kier molecular flexibility index (Phi) is 3.19. The molecule has 2 aromatic heterocycles. The van der Waals surface area contributed by atoms with Crippen LogP contribution in [-0.4, -0.2) is 20.1 Å². The predicted octanol–water partition coefficient (Wildman–Crippen LogP) is 2.76. The summed E-state index contributed by atoms with van der Waals surface area (Å²) >= 11 is 0. The minimum absolute atomic E-state index is 0.0557. The van der Waals surface area contributed by atoms with Crippen LogP contribution in [0.5, 0.6) is 0 Å². The number of aryl methyl sites for hydroxylation is 1. The monoisotopic (exact) mass is 330 g/mol. The van der Waals surface area contributed by atoms with Crippen molar-refractivity contribution < 1.29 is 13.6 Å². The number of nitrogens with one attached hydrogen (secondary N) is 1. The van der Waals surface area contributed by atoms with Crippen LogP contribution < -0.4 is 5.32 Å². The zero-order valence-corrected chi connectivity index (χ0v) is 13.1. The molecule has 0 atom stereocenters. The molecule has 0 unspecified atom stereocenters. The van der Waals surface area contributed by atoms with E-state index >= 15 is 0 Å². The lowest BCUT2D eigenvalue weighted by atomic mass is 9.71. The third kappa shape index (κ3) is 2.04. The van der Waals surface area contributed by atoms with Gasteiger partial charge in [-0.15, -0.1) is 0 Å². The van der Waals surface area contributed by atoms with Gasteiger partial charge in [0.05, 0.1) is 11.7 Å². The molecule has 7 heteroatoms. The average molecular weight is 330 g/mol. The van der Waals surface area contributed by atoms with Crippen LogP contribution in [0.1, 0.15) is 35.2 Å². The van der Waals surface area contributed by atoms with Crippen molar-refractivity contribution in [2.75, 3.05) is 0 Å². The number of hydrogen-bond donors (Lipinski definition) is 1. The second-order valence-corrected chi connectivity index (χ2v) is 6.22. The summed E-state index contributed by atoms with van der Waals surface area (Å²) in [5.41, 5.74) is -0.0345. The molecule has 0 aliphatic heterocycles. The van der Waals surface area contributed by atoms with E-state index in [0.29, 0.717) is 24.1 Å². The van der Waals surface area contributed by atoms with Crippen LogP contribution in [0.25, 0.3) is 5.65 Å². The maximum absolute atomic E-state index is 14.2. The summed E-state index contributed by atoms with van der Waals surface area (Å²) in [4.78, 5) is 12.8. The van der Waals surface area contributed by atoms with E-state index in [1.165, 1.54) is 24.4 Å². The molecule has 2 heterocycles. The number of halogens is 2. The average Bonchev–Trinajstić information content (AvgIpc) is 3.07. The summed E-state index contributed by atoms with van der Waals surface area (Å²) in [6.07, 6.45) is 6.81. The first-order chi connectivity index (χ1) is 11.5. The number of rotatable bonds is 3. The van der Waals surface area contributed by atoms with E-state index in [1.807, 2.05) is 7.05 Å². The molecular formula is C17H16F2N4O. The molecule has 4 rings (SSSR count). The third-order valence-electron chi connectivity index (χ3n) is 4.78. The van der Waals surface area contributed by atoms with Gasteiger partial charge in [-0.3, -0.25) is 4.79 Å². The molecule has 1 amide bonds. The molecule has 0 saturated heterocycles. The van der Waals surface area contributed by atoms with Crippen molar-refractivity contribution in [3.05, 3.63) is 59.6 Å². The number of nitrogens with zero attached hydrogens (tertiary/aromatic N) is 3. The van der Waals surface area contributed by atoms with Crippen LogP contribution in [0, 0.1) is 11.6 Å². The van der Waals surface area contributed by atoms with Crippen molar-refractivity contribution in [2.24, 2.45) is 7.05 Å². The summed E-state index contributed by atoms with van der Waals surface area (Å²) < 4.78 is 31.8. The molecule has 1 aliphatic carbocycles. The molecule has 1 fully saturated rings. The Labute approximate surface area is 136 Å². The van der Waals surface area contributed by atoms with Gasteiger partial charge in [0.2, 0.25) is 0 Å². The number of aromatic nitrogens is 3. The van der Waals surface area contributed by atoms with Gasteiger partial charge in [-0.2, -0.15) is 5.10 Å². The Hall–Kier alpha value is -2.70. The van der Waals surface area contributed by atoms with Crippen molar-refractivity contribution in [3.8, 4) is 0 Å². The highest BCUT2D eigenvalue weighted by Gasteiger charge is 2.44. The fraction of sp³-hybridized carbons (Fsp3) is 0.294. The van der Waals surface area contributed by atoms with E-state index < -0.39 is 17.2 Å². The van der Waals surface area contributed by atoms with Crippen LogP contribution in [0.2, 0.25) is 0 Å². The summed E-state index contributed by atoms with van der Waals surface area (Å²) in [6.45, 7) is 0. The van der Waals surface area contributed by atoms with Crippen LogP contribution in [-0.2, 0) is 12.6 Å². The number of fused-ring (bicyclic) bond motifs is 1. The third-order valence-corrected chi connectivity index (χ3v) is 4.78. The Morgan fingerprint density at radius 2 is 1.96 bits per heavy atom. The Morgan fingerprint density at radius 3 is 2.58 bits per heavy atom. The molecule has 124 valence electrons. The number of imidazole rings is 1. The largest absolute Gasteiger partial charge is 0.342 e. The quantitative estimate of drug-likeness (QED) is 0.803. The van der Waals surface area contributed by atoms with Crippen molar-refractivity contribution in [3.63, 3.8) is 0 Å². The fourth-order valence-corrected chi connectivity index (χ4v) is 3.42. The molecule has 0 bridgehead atoms. The van der Waals surface area contributed by atoms with Gasteiger partial charge in [0.1, 0.15) is 22.8 Å². The van der Waals surface area contributed by atoms with Crippen LogP contribution in [0.15, 0.2) is 36.8 Å². The minimum atomic E-state index is -0.994. The summed E-state index contributed by atoms with van der Waals surface area (Å²) in [5.74, 6) is -1.64. The van der Waals surface area contributed by atoms with E-state index in [1.54, 1.807) is 21.5 Å². The maximum Gasteiger partial charge on any atom is 0.257 e. The zero-order chi connectivity index (χ0) is 16.9. The zero-order valence-electron chi connectivity index (χ0n) is 13.1. The minimum Gasteiger partial charge on any atom is -0.342 e. The van der Waals surface area contributed by atoms with Crippen molar-refractivity contribution in [1.29, 1.82) is 0 Å². The molecule has 5 nitrogen and oxygen atoms in total. The van der Waals surface area contributed by atoms with Crippen molar-refractivity contribution >= 4 is 11.6 Å². The second-order valence-electron chi connectivity index (χ2n) is 6.22. The first-order valence-electron chi connectivity index (χ1n) is 7.77. The highest BCUT2D eigenvalue weighted by molar-refractivity contribution is 6.00. The summed E-state index contributed by atoms with van der Waals surface area (Å²) in [7, 11) is 1.81. The Bertz CT molecular complexity index is 919. The molecule has 3 aromatic rings. The first-order valence-corrected chi connectivity index (χ1v) is 7.77. The normalized spacial score (nSPS) is 16.1. The SMILES string of the molecule is Cn1ccn2ncc(C(=O)NC3(c4c(F)cccc4F)CCC3)c12. The van der Waals surface area contributed by atoms with Gasteiger partial charge >= 0.3 is 0 Å². The molecular weight excluding hydrogens is 314 g/mol. The van der Waals surface area contributed by atoms with E-state index in [0.717, 1.165) is 6.42 Å². The summed E-state index contributed by atoms with van der Waals surface area (Å²) in [5, 5.41) is 6.98. The number of hydrogen-bond acceptors (Lipinski definition) is 2. The van der Waals surface area contributed by atoms with Gasteiger partial charge in [0, 0.05) is 25.0 Å². The van der Waals surface area contributed by atoms with Gasteiger partial charge in [-0.05, 0) is 31.4 Å². The molecule has 24 heavy (non-hydrogen) atoms. The van der Waals surface area contributed by atoms with Crippen molar-refractivity contribution in [1.82, 2.24) is 19.5 Å².